The van der Waals surface area contributed by atoms with E-state index >= 15 is 0 Å². The number of anilines is 1. The Morgan fingerprint density at radius 3 is 2.44 bits per heavy atom. The minimum Gasteiger partial charge on any atom is -0.346 e. The van der Waals surface area contributed by atoms with Gasteiger partial charge < -0.3 is 15.1 Å². The van der Waals surface area contributed by atoms with E-state index in [1.807, 2.05) is 30.3 Å². The number of para-hydroxylation sites is 1. The van der Waals surface area contributed by atoms with E-state index in [9.17, 15) is 19.2 Å². The van der Waals surface area contributed by atoms with Crippen LogP contribution in [0.25, 0.3) is 0 Å². The molecule has 1 N–H and O–H groups in total. The van der Waals surface area contributed by atoms with Gasteiger partial charge in [0.2, 0.25) is 17.5 Å². The summed E-state index contributed by atoms with van der Waals surface area (Å²) in [6.07, 6.45) is 0.387. The maximum Gasteiger partial charge on any atom is 0.267 e. The fourth-order valence-corrected chi connectivity index (χ4v) is 4.90. The van der Waals surface area contributed by atoms with Crippen LogP contribution in [0.2, 0.25) is 0 Å². The SMILES string of the molecule is CC(=O)N1CC(NC(=O)[C@@]23CCC(=O)N2c2ccccc2C(=O)N3Cc2ccccc2)C1. The van der Waals surface area contributed by atoms with Crippen LogP contribution in [0.5, 0.6) is 0 Å². The monoisotopic (exact) mass is 432 g/mol. The van der Waals surface area contributed by atoms with Gasteiger partial charge in [0.05, 0.1) is 17.3 Å². The Labute approximate surface area is 185 Å². The van der Waals surface area contributed by atoms with Crippen LogP contribution in [0.4, 0.5) is 5.69 Å². The van der Waals surface area contributed by atoms with Crippen LogP contribution in [0.3, 0.4) is 0 Å². The number of carbonyl (C=O) groups is 4. The van der Waals surface area contributed by atoms with Crippen molar-refractivity contribution in [1.82, 2.24) is 15.1 Å². The highest BCUT2D eigenvalue weighted by atomic mass is 16.2. The predicted molar refractivity (Wildman–Crippen MR) is 116 cm³/mol. The number of nitrogens with zero attached hydrogens (tertiary/aromatic N) is 3. The molecule has 2 aromatic rings. The third-order valence-corrected chi connectivity index (χ3v) is 6.58. The lowest BCUT2D eigenvalue weighted by Crippen LogP contribution is -2.73. The van der Waals surface area contributed by atoms with E-state index in [1.54, 1.807) is 29.2 Å². The Hall–Kier alpha value is -3.68. The summed E-state index contributed by atoms with van der Waals surface area (Å²) < 4.78 is 0. The summed E-state index contributed by atoms with van der Waals surface area (Å²) in [5.41, 5.74) is 0.319. The zero-order valence-corrected chi connectivity index (χ0v) is 17.8. The first-order valence-corrected chi connectivity index (χ1v) is 10.8. The highest BCUT2D eigenvalue weighted by molar-refractivity contribution is 6.16. The van der Waals surface area contributed by atoms with Gasteiger partial charge in [-0.1, -0.05) is 42.5 Å². The summed E-state index contributed by atoms with van der Waals surface area (Å²) in [7, 11) is 0. The standard InChI is InChI=1S/C24H24N4O4/c1-16(29)26-14-18(15-26)25-23(32)24-12-11-21(30)28(24)20-10-6-5-9-19(20)22(31)27(24)13-17-7-3-2-4-8-17/h2-10,18H,11-15H2,1H3,(H,25,32)/t24-/m1/s1. The topological polar surface area (TPSA) is 90.0 Å². The van der Waals surface area contributed by atoms with Crippen molar-refractivity contribution in [2.45, 2.75) is 38.0 Å². The molecule has 0 saturated carbocycles. The molecule has 2 saturated heterocycles. The maximum atomic E-state index is 13.8. The van der Waals surface area contributed by atoms with E-state index in [2.05, 4.69) is 5.32 Å². The molecule has 4 amide bonds. The first-order valence-electron chi connectivity index (χ1n) is 10.8. The molecule has 1 atom stereocenters. The molecule has 0 aromatic heterocycles. The van der Waals surface area contributed by atoms with Gasteiger partial charge in [0.15, 0.2) is 0 Å². The van der Waals surface area contributed by atoms with Crippen LogP contribution in [0.15, 0.2) is 54.6 Å². The average Bonchev–Trinajstić information content (AvgIpc) is 3.12. The van der Waals surface area contributed by atoms with Gasteiger partial charge in [-0.3, -0.25) is 24.1 Å². The van der Waals surface area contributed by atoms with Crippen molar-refractivity contribution in [3.05, 3.63) is 65.7 Å². The molecular formula is C24H24N4O4. The Bertz CT molecular complexity index is 1110. The van der Waals surface area contributed by atoms with Gasteiger partial charge in [-0.2, -0.15) is 0 Å². The Kier molecular flexibility index (Phi) is 4.73. The first kappa shape index (κ1) is 20.2. The van der Waals surface area contributed by atoms with Gasteiger partial charge in [-0.25, -0.2) is 0 Å². The average molecular weight is 432 g/mol. The number of benzene rings is 2. The minimum absolute atomic E-state index is 0.0428. The molecular weight excluding hydrogens is 408 g/mol. The number of fused-ring (bicyclic) bond motifs is 3. The first-order chi connectivity index (χ1) is 15.4. The molecule has 3 aliphatic rings. The minimum atomic E-state index is -1.44. The Morgan fingerprint density at radius 1 is 1.03 bits per heavy atom. The smallest absolute Gasteiger partial charge is 0.267 e. The summed E-state index contributed by atoms with van der Waals surface area (Å²) in [5.74, 6) is -0.879. The quantitative estimate of drug-likeness (QED) is 0.793. The van der Waals surface area contributed by atoms with E-state index in [-0.39, 0.29) is 49.1 Å². The Balaban J connectivity index is 1.55. The second-order valence-corrected chi connectivity index (χ2v) is 8.53. The summed E-state index contributed by atoms with van der Waals surface area (Å²) in [5, 5.41) is 3.00. The van der Waals surface area contributed by atoms with Gasteiger partial charge >= 0.3 is 0 Å². The van der Waals surface area contributed by atoms with Gasteiger partial charge in [0.25, 0.3) is 11.8 Å². The van der Waals surface area contributed by atoms with Crippen molar-refractivity contribution in [2.75, 3.05) is 18.0 Å². The highest BCUT2D eigenvalue weighted by Crippen LogP contribution is 2.45. The molecule has 2 fully saturated rings. The molecule has 8 nitrogen and oxygen atoms in total. The maximum absolute atomic E-state index is 13.8. The van der Waals surface area contributed by atoms with E-state index < -0.39 is 5.66 Å². The lowest BCUT2D eigenvalue weighted by atomic mass is 9.94. The van der Waals surface area contributed by atoms with Gasteiger partial charge in [0, 0.05) is 39.4 Å². The molecule has 5 rings (SSSR count). The fraction of sp³-hybridized carbons (Fsp3) is 0.333. The number of nitrogens with one attached hydrogen (secondary N) is 1. The number of rotatable bonds is 4. The molecule has 164 valence electrons. The van der Waals surface area contributed by atoms with E-state index in [0.29, 0.717) is 24.3 Å². The summed E-state index contributed by atoms with van der Waals surface area (Å²) in [6, 6.07) is 16.2. The fourth-order valence-electron chi connectivity index (χ4n) is 4.90. The van der Waals surface area contributed by atoms with Gasteiger partial charge in [0.1, 0.15) is 0 Å². The van der Waals surface area contributed by atoms with Crippen LogP contribution >= 0.6 is 0 Å². The second-order valence-electron chi connectivity index (χ2n) is 8.53. The molecule has 0 unspecified atom stereocenters. The number of hydrogen-bond acceptors (Lipinski definition) is 4. The van der Waals surface area contributed by atoms with Crippen LogP contribution < -0.4 is 10.2 Å². The molecule has 0 bridgehead atoms. The van der Waals surface area contributed by atoms with Crippen molar-refractivity contribution in [3.8, 4) is 0 Å². The van der Waals surface area contributed by atoms with Crippen LogP contribution in [-0.4, -0.2) is 58.2 Å². The van der Waals surface area contributed by atoms with Crippen molar-refractivity contribution in [1.29, 1.82) is 0 Å². The van der Waals surface area contributed by atoms with Crippen molar-refractivity contribution in [2.24, 2.45) is 0 Å². The van der Waals surface area contributed by atoms with Crippen molar-refractivity contribution in [3.63, 3.8) is 0 Å². The number of likely N-dealkylation sites (tertiary alicyclic amines) is 1. The van der Waals surface area contributed by atoms with E-state index in [0.717, 1.165) is 5.56 Å². The van der Waals surface area contributed by atoms with Crippen LogP contribution in [0, 0.1) is 0 Å². The van der Waals surface area contributed by atoms with E-state index in [4.69, 9.17) is 0 Å². The zero-order chi connectivity index (χ0) is 22.5. The van der Waals surface area contributed by atoms with Gasteiger partial charge in [-0.15, -0.1) is 0 Å². The predicted octanol–water partition coefficient (Wildman–Crippen LogP) is 1.51. The lowest BCUT2D eigenvalue weighted by Gasteiger charge is -2.50. The lowest BCUT2D eigenvalue weighted by molar-refractivity contribution is -0.140. The van der Waals surface area contributed by atoms with Crippen molar-refractivity contribution < 1.29 is 19.2 Å². The number of hydrogen-bond donors (Lipinski definition) is 1. The zero-order valence-electron chi connectivity index (χ0n) is 17.8. The summed E-state index contributed by atoms with van der Waals surface area (Å²) >= 11 is 0. The van der Waals surface area contributed by atoms with Gasteiger partial charge in [-0.05, 0) is 17.7 Å². The molecule has 2 aromatic carbocycles. The van der Waals surface area contributed by atoms with E-state index in [1.165, 1.54) is 16.7 Å². The second kappa shape index (κ2) is 7.47. The molecule has 3 aliphatic heterocycles. The molecule has 3 heterocycles. The molecule has 8 heteroatoms. The summed E-state index contributed by atoms with van der Waals surface area (Å²) in [6.45, 7) is 2.55. The van der Waals surface area contributed by atoms with Crippen molar-refractivity contribution >= 4 is 29.3 Å². The third-order valence-electron chi connectivity index (χ3n) is 6.58. The molecule has 0 radical (unpaired) electrons. The molecule has 0 aliphatic carbocycles. The number of carbonyl (C=O) groups excluding carboxylic acids is 4. The number of amides is 4. The summed E-state index contributed by atoms with van der Waals surface area (Å²) in [4.78, 5) is 56.7. The van der Waals surface area contributed by atoms with Crippen LogP contribution in [0.1, 0.15) is 35.7 Å². The molecule has 32 heavy (non-hydrogen) atoms. The molecule has 0 spiro atoms. The largest absolute Gasteiger partial charge is 0.346 e. The third kappa shape index (κ3) is 2.97. The Morgan fingerprint density at radius 2 is 1.72 bits per heavy atom. The normalized spacial score (nSPS) is 22.3. The highest BCUT2D eigenvalue weighted by Gasteiger charge is 2.61. The van der Waals surface area contributed by atoms with Crippen LogP contribution in [-0.2, 0) is 20.9 Å².